The van der Waals surface area contributed by atoms with Crippen LogP contribution in [-0.4, -0.2) is 16.9 Å². The minimum absolute atomic E-state index is 0.314. The molecule has 0 heterocycles. The Morgan fingerprint density at radius 2 is 2.00 bits per heavy atom. The van der Waals surface area contributed by atoms with Gasteiger partial charge in [0.1, 0.15) is 0 Å². The van der Waals surface area contributed by atoms with Crippen LogP contribution in [0.25, 0.3) is 0 Å². The molecule has 1 aromatic carbocycles. The molecule has 0 spiro atoms. The van der Waals surface area contributed by atoms with Crippen molar-refractivity contribution in [3.63, 3.8) is 0 Å². The first-order chi connectivity index (χ1) is 7.68. The highest BCUT2D eigenvalue weighted by Crippen LogP contribution is 2.32. The first-order valence-electron chi connectivity index (χ1n) is 5.66. The third-order valence-corrected chi connectivity index (χ3v) is 2.90. The second-order valence-corrected chi connectivity index (χ2v) is 4.26. The zero-order valence-corrected chi connectivity index (χ0v) is 9.19. The van der Waals surface area contributed by atoms with Gasteiger partial charge in [-0.15, -0.1) is 0 Å². The predicted octanol–water partition coefficient (Wildman–Crippen LogP) is 2.03. The third-order valence-electron chi connectivity index (χ3n) is 2.90. The van der Waals surface area contributed by atoms with Gasteiger partial charge in [-0.25, -0.2) is 0 Å². The normalized spacial score (nSPS) is 17.6. The summed E-state index contributed by atoms with van der Waals surface area (Å²) in [5.41, 5.74) is 1.11. The van der Waals surface area contributed by atoms with E-state index in [1.807, 2.05) is 30.3 Å². The van der Waals surface area contributed by atoms with Gasteiger partial charge in [-0.1, -0.05) is 30.3 Å². The van der Waals surface area contributed by atoms with E-state index >= 15 is 0 Å². The smallest absolute Gasteiger partial charge is 0.308 e. The maximum Gasteiger partial charge on any atom is 0.308 e. The number of aryl methyl sites for hydroxylation is 1. The molecule has 3 nitrogen and oxygen atoms in total. The largest absolute Gasteiger partial charge is 0.433 e. The molecular weight excluding hydrogens is 204 g/mol. The number of aliphatic hydroxyl groups is 1. The minimum atomic E-state index is -1.16. The van der Waals surface area contributed by atoms with Gasteiger partial charge in [-0.3, -0.25) is 4.79 Å². The van der Waals surface area contributed by atoms with Crippen LogP contribution in [0.15, 0.2) is 30.3 Å². The number of benzene rings is 1. The van der Waals surface area contributed by atoms with Crippen LogP contribution in [-0.2, 0) is 16.0 Å². The summed E-state index contributed by atoms with van der Waals surface area (Å²) >= 11 is 0. The molecule has 0 aliphatic heterocycles. The molecular formula is C13H16O3. The van der Waals surface area contributed by atoms with Crippen LogP contribution >= 0.6 is 0 Å². The number of ether oxygens (including phenoxy) is 1. The van der Waals surface area contributed by atoms with Crippen molar-refractivity contribution in [1.82, 2.24) is 0 Å². The molecule has 2 rings (SSSR count). The van der Waals surface area contributed by atoms with Gasteiger partial charge in [0.25, 0.3) is 0 Å². The summed E-state index contributed by atoms with van der Waals surface area (Å²) in [6.07, 6.45) is 3.07. The highest BCUT2D eigenvalue weighted by Gasteiger charge is 2.38. The van der Waals surface area contributed by atoms with Gasteiger partial charge in [0.2, 0.25) is 5.79 Å². The summed E-state index contributed by atoms with van der Waals surface area (Å²) in [5.74, 6) is -1.47. The number of hydrogen-bond acceptors (Lipinski definition) is 3. The van der Waals surface area contributed by atoms with Crippen LogP contribution in [0.3, 0.4) is 0 Å². The maximum absolute atomic E-state index is 11.4. The van der Waals surface area contributed by atoms with Gasteiger partial charge in [0.05, 0.1) is 0 Å². The van der Waals surface area contributed by atoms with Gasteiger partial charge in [0.15, 0.2) is 0 Å². The van der Waals surface area contributed by atoms with Crippen LogP contribution in [0, 0.1) is 0 Å². The van der Waals surface area contributed by atoms with Crippen molar-refractivity contribution in [1.29, 1.82) is 0 Å². The molecule has 1 aliphatic rings. The van der Waals surface area contributed by atoms with E-state index in [0.717, 1.165) is 12.0 Å². The highest BCUT2D eigenvalue weighted by atomic mass is 16.7. The van der Waals surface area contributed by atoms with E-state index < -0.39 is 5.79 Å². The Bertz CT molecular complexity index is 355. The van der Waals surface area contributed by atoms with E-state index in [2.05, 4.69) is 0 Å². The van der Waals surface area contributed by atoms with Crippen LogP contribution < -0.4 is 0 Å². The lowest BCUT2D eigenvalue weighted by Gasteiger charge is -2.35. The second kappa shape index (κ2) is 4.66. The van der Waals surface area contributed by atoms with E-state index in [1.54, 1.807) is 0 Å². The number of carbonyl (C=O) groups excluding carboxylic acids is 1. The lowest BCUT2D eigenvalue weighted by molar-refractivity contribution is -0.239. The van der Waals surface area contributed by atoms with E-state index in [0.29, 0.717) is 25.7 Å². The number of hydrogen-bond donors (Lipinski definition) is 1. The molecule has 0 aromatic heterocycles. The summed E-state index contributed by atoms with van der Waals surface area (Å²) in [5, 5.41) is 9.63. The Morgan fingerprint density at radius 3 is 2.56 bits per heavy atom. The Kier molecular flexibility index (Phi) is 3.25. The first kappa shape index (κ1) is 11.1. The first-order valence-corrected chi connectivity index (χ1v) is 5.66. The molecule has 1 fully saturated rings. The standard InChI is InChI=1S/C13H16O3/c14-12(16-13(15)9-4-10-13)8-7-11-5-2-1-3-6-11/h1-3,5-6,15H,4,7-10H2. The summed E-state index contributed by atoms with van der Waals surface area (Å²) < 4.78 is 5.01. The van der Waals surface area contributed by atoms with Crippen LogP contribution in [0.1, 0.15) is 31.2 Å². The number of carbonyl (C=O) groups is 1. The van der Waals surface area contributed by atoms with Gasteiger partial charge < -0.3 is 9.84 Å². The van der Waals surface area contributed by atoms with Gasteiger partial charge >= 0.3 is 5.97 Å². The van der Waals surface area contributed by atoms with Crippen molar-refractivity contribution in [3.8, 4) is 0 Å². The molecule has 1 saturated carbocycles. The fourth-order valence-electron chi connectivity index (χ4n) is 1.74. The van der Waals surface area contributed by atoms with Crippen LogP contribution in [0.4, 0.5) is 0 Å². The number of esters is 1. The molecule has 3 heteroatoms. The van der Waals surface area contributed by atoms with Crippen LogP contribution in [0.5, 0.6) is 0 Å². The summed E-state index contributed by atoms with van der Waals surface area (Å²) in [4.78, 5) is 11.4. The molecule has 1 aliphatic carbocycles. The average Bonchev–Trinajstić information content (AvgIpc) is 2.26. The molecule has 0 atom stereocenters. The summed E-state index contributed by atoms with van der Waals surface area (Å²) in [6.45, 7) is 0. The Morgan fingerprint density at radius 1 is 1.31 bits per heavy atom. The van der Waals surface area contributed by atoms with Crippen molar-refractivity contribution in [2.24, 2.45) is 0 Å². The van der Waals surface area contributed by atoms with E-state index in [1.165, 1.54) is 0 Å². The fraction of sp³-hybridized carbons (Fsp3) is 0.462. The molecule has 0 amide bonds. The monoisotopic (exact) mass is 220 g/mol. The Hall–Kier alpha value is -1.35. The van der Waals surface area contributed by atoms with Crippen molar-refractivity contribution >= 4 is 5.97 Å². The molecule has 1 aromatic rings. The second-order valence-electron chi connectivity index (χ2n) is 4.26. The average molecular weight is 220 g/mol. The quantitative estimate of drug-likeness (QED) is 0.624. The molecule has 0 bridgehead atoms. The van der Waals surface area contributed by atoms with Crippen molar-refractivity contribution in [3.05, 3.63) is 35.9 Å². The fourth-order valence-corrected chi connectivity index (χ4v) is 1.74. The van der Waals surface area contributed by atoms with Gasteiger partial charge in [0, 0.05) is 19.3 Å². The van der Waals surface area contributed by atoms with E-state index in [4.69, 9.17) is 4.74 Å². The maximum atomic E-state index is 11.4. The molecule has 16 heavy (non-hydrogen) atoms. The lowest BCUT2D eigenvalue weighted by atomic mass is 9.91. The molecule has 86 valence electrons. The van der Waals surface area contributed by atoms with E-state index in [-0.39, 0.29) is 5.97 Å². The molecule has 0 radical (unpaired) electrons. The van der Waals surface area contributed by atoms with Gasteiger partial charge in [-0.05, 0) is 18.4 Å². The molecule has 1 N–H and O–H groups in total. The Balaban J connectivity index is 1.76. The summed E-state index contributed by atoms with van der Waals surface area (Å²) in [6, 6.07) is 9.79. The predicted molar refractivity (Wildman–Crippen MR) is 59.7 cm³/mol. The SMILES string of the molecule is O=C(CCc1ccccc1)OC1(O)CCC1. The highest BCUT2D eigenvalue weighted by molar-refractivity contribution is 5.70. The van der Waals surface area contributed by atoms with Gasteiger partial charge in [-0.2, -0.15) is 0 Å². The number of rotatable bonds is 4. The molecule has 0 saturated heterocycles. The van der Waals surface area contributed by atoms with Crippen molar-refractivity contribution in [2.45, 2.75) is 37.9 Å². The molecule has 0 unspecified atom stereocenters. The Labute approximate surface area is 95.0 Å². The lowest BCUT2D eigenvalue weighted by Crippen LogP contribution is -2.41. The van der Waals surface area contributed by atoms with Crippen molar-refractivity contribution < 1.29 is 14.6 Å². The summed E-state index contributed by atoms with van der Waals surface area (Å²) in [7, 11) is 0. The van der Waals surface area contributed by atoms with Crippen LogP contribution in [0.2, 0.25) is 0 Å². The topological polar surface area (TPSA) is 46.5 Å². The van der Waals surface area contributed by atoms with E-state index in [9.17, 15) is 9.90 Å². The zero-order valence-electron chi connectivity index (χ0n) is 9.19. The zero-order chi connectivity index (χ0) is 11.4. The minimum Gasteiger partial charge on any atom is -0.433 e. The third kappa shape index (κ3) is 2.83. The van der Waals surface area contributed by atoms with Crippen molar-refractivity contribution in [2.75, 3.05) is 0 Å².